The predicted octanol–water partition coefficient (Wildman–Crippen LogP) is 4.84. The molecular formula is C18H19ClFNO3. The lowest BCUT2D eigenvalue weighted by atomic mass is 10.1. The lowest BCUT2D eigenvalue weighted by molar-refractivity contribution is 0.102. The van der Waals surface area contributed by atoms with Crippen LogP contribution < -0.4 is 14.8 Å². The van der Waals surface area contributed by atoms with E-state index in [0.717, 1.165) is 5.56 Å². The summed E-state index contributed by atoms with van der Waals surface area (Å²) in [5.74, 6) is -0.0999. The van der Waals surface area contributed by atoms with Crippen molar-refractivity contribution in [3.63, 3.8) is 0 Å². The number of hydrogen-bond donors (Lipinski definition) is 1. The van der Waals surface area contributed by atoms with Crippen LogP contribution in [-0.4, -0.2) is 19.1 Å². The lowest BCUT2D eigenvalue weighted by Gasteiger charge is -2.16. The van der Waals surface area contributed by atoms with Gasteiger partial charge in [-0.2, -0.15) is 0 Å². The Labute approximate surface area is 145 Å². The monoisotopic (exact) mass is 351 g/mol. The van der Waals surface area contributed by atoms with Crippen molar-refractivity contribution in [1.29, 1.82) is 0 Å². The van der Waals surface area contributed by atoms with E-state index >= 15 is 0 Å². The fraction of sp³-hybridized carbons (Fsp3) is 0.278. The Morgan fingerprint density at radius 2 is 1.96 bits per heavy atom. The standard InChI is InChI=1S/C18H19ClFNO3/c1-10(2)24-17-14(19)7-12(8-16(17)23-4)18(22)21-15-9-13(20)6-5-11(15)3/h5-10H,1-4H3,(H,21,22). The minimum Gasteiger partial charge on any atom is -0.493 e. The summed E-state index contributed by atoms with van der Waals surface area (Å²) in [6.45, 7) is 5.51. The Hall–Kier alpha value is -2.27. The van der Waals surface area contributed by atoms with Crippen LogP contribution in [0.2, 0.25) is 5.02 Å². The minimum atomic E-state index is -0.424. The number of nitrogens with one attached hydrogen (secondary N) is 1. The van der Waals surface area contributed by atoms with Gasteiger partial charge in [-0.3, -0.25) is 4.79 Å². The highest BCUT2D eigenvalue weighted by Crippen LogP contribution is 2.37. The van der Waals surface area contributed by atoms with E-state index in [2.05, 4.69) is 5.32 Å². The normalized spacial score (nSPS) is 10.6. The second-order valence-corrected chi connectivity index (χ2v) is 5.98. The number of carbonyl (C=O) groups excluding carboxylic acids is 1. The van der Waals surface area contributed by atoms with Crippen LogP contribution in [0, 0.1) is 12.7 Å². The summed E-state index contributed by atoms with van der Waals surface area (Å²) in [4.78, 5) is 12.4. The highest BCUT2D eigenvalue weighted by Gasteiger charge is 2.17. The maximum atomic E-state index is 13.3. The van der Waals surface area contributed by atoms with Crippen molar-refractivity contribution in [2.75, 3.05) is 12.4 Å². The summed E-state index contributed by atoms with van der Waals surface area (Å²) in [5, 5.41) is 2.94. The van der Waals surface area contributed by atoms with E-state index in [9.17, 15) is 9.18 Å². The van der Waals surface area contributed by atoms with Crippen LogP contribution in [-0.2, 0) is 0 Å². The van der Waals surface area contributed by atoms with Gasteiger partial charge < -0.3 is 14.8 Å². The van der Waals surface area contributed by atoms with Gasteiger partial charge in [0.15, 0.2) is 11.5 Å². The number of carbonyl (C=O) groups is 1. The molecule has 0 saturated carbocycles. The van der Waals surface area contributed by atoms with Gasteiger partial charge in [0, 0.05) is 11.3 Å². The van der Waals surface area contributed by atoms with E-state index in [4.69, 9.17) is 21.1 Å². The molecule has 0 aromatic heterocycles. The highest BCUT2D eigenvalue weighted by atomic mass is 35.5. The Kier molecular flexibility index (Phi) is 5.67. The van der Waals surface area contributed by atoms with E-state index in [1.165, 1.54) is 31.4 Å². The topological polar surface area (TPSA) is 47.6 Å². The molecule has 0 aliphatic heterocycles. The third-order valence-electron chi connectivity index (χ3n) is 3.29. The van der Waals surface area contributed by atoms with E-state index in [0.29, 0.717) is 17.2 Å². The number of methoxy groups -OCH3 is 1. The van der Waals surface area contributed by atoms with Crippen molar-refractivity contribution in [3.05, 3.63) is 52.3 Å². The predicted molar refractivity (Wildman–Crippen MR) is 92.9 cm³/mol. The van der Waals surface area contributed by atoms with Crippen molar-refractivity contribution in [3.8, 4) is 11.5 Å². The molecule has 0 heterocycles. The van der Waals surface area contributed by atoms with Gasteiger partial charge in [0.2, 0.25) is 0 Å². The minimum absolute atomic E-state index is 0.0916. The number of anilines is 1. The van der Waals surface area contributed by atoms with Gasteiger partial charge >= 0.3 is 0 Å². The van der Waals surface area contributed by atoms with E-state index < -0.39 is 11.7 Å². The molecule has 0 aliphatic carbocycles. The first kappa shape index (κ1) is 18.1. The van der Waals surface area contributed by atoms with Gasteiger partial charge in [-0.05, 0) is 50.6 Å². The molecule has 2 aromatic carbocycles. The Morgan fingerprint density at radius 1 is 1.25 bits per heavy atom. The zero-order valence-electron chi connectivity index (χ0n) is 13.9. The fourth-order valence-electron chi connectivity index (χ4n) is 2.12. The van der Waals surface area contributed by atoms with Gasteiger partial charge in [0.1, 0.15) is 5.82 Å². The molecule has 1 N–H and O–H groups in total. The largest absolute Gasteiger partial charge is 0.493 e. The summed E-state index contributed by atoms with van der Waals surface area (Å²) in [5.41, 5.74) is 1.44. The molecule has 4 nitrogen and oxygen atoms in total. The highest BCUT2D eigenvalue weighted by molar-refractivity contribution is 6.32. The smallest absolute Gasteiger partial charge is 0.255 e. The van der Waals surface area contributed by atoms with Crippen LogP contribution in [0.4, 0.5) is 10.1 Å². The first-order chi connectivity index (χ1) is 11.3. The maximum absolute atomic E-state index is 13.3. The van der Waals surface area contributed by atoms with Crippen LogP contribution in [0.1, 0.15) is 29.8 Å². The summed E-state index contributed by atoms with van der Waals surface area (Å²) >= 11 is 6.22. The third kappa shape index (κ3) is 4.17. The number of amides is 1. The first-order valence-corrected chi connectivity index (χ1v) is 7.81. The van der Waals surface area contributed by atoms with Gasteiger partial charge in [0.25, 0.3) is 5.91 Å². The lowest BCUT2D eigenvalue weighted by Crippen LogP contribution is -2.14. The third-order valence-corrected chi connectivity index (χ3v) is 3.57. The van der Waals surface area contributed by atoms with Crippen LogP contribution in [0.25, 0.3) is 0 Å². The molecule has 0 radical (unpaired) electrons. The Bertz CT molecular complexity index is 762. The summed E-state index contributed by atoms with van der Waals surface area (Å²) in [6, 6.07) is 7.22. The molecule has 0 bridgehead atoms. The molecule has 0 unspecified atom stereocenters. The van der Waals surface area contributed by atoms with Crippen LogP contribution >= 0.6 is 11.6 Å². The van der Waals surface area contributed by atoms with Crippen molar-refractivity contribution >= 4 is 23.2 Å². The molecule has 2 aromatic rings. The molecule has 0 aliphatic rings. The number of hydrogen-bond acceptors (Lipinski definition) is 3. The second-order valence-electron chi connectivity index (χ2n) is 5.57. The van der Waals surface area contributed by atoms with E-state index in [1.807, 2.05) is 13.8 Å². The maximum Gasteiger partial charge on any atom is 0.255 e. The van der Waals surface area contributed by atoms with Crippen molar-refractivity contribution in [2.24, 2.45) is 0 Å². The SMILES string of the molecule is COc1cc(C(=O)Nc2cc(F)ccc2C)cc(Cl)c1OC(C)C. The summed E-state index contributed by atoms with van der Waals surface area (Å²) < 4.78 is 24.2. The summed E-state index contributed by atoms with van der Waals surface area (Å²) in [6.07, 6.45) is -0.0916. The molecule has 1 amide bonds. The van der Waals surface area contributed by atoms with Gasteiger partial charge in [-0.25, -0.2) is 4.39 Å². The molecule has 0 spiro atoms. The number of ether oxygens (including phenoxy) is 2. The van der Waals surface area contributed by atoms with Crippen molar-refractivity contribution in [2.45, 2.75) is 26.9 Å². The van der Waals surface area contributed by atoms with E-state index in [-0.39, 0.29) is 16.7 Å². The fourth-order valence-corrected chi connectivity index (χ4v) is 2.38. The number of halogens is 2. The van der Waals surface area contributed by atoms with Gasteiger partial charge in [0.05, 0.1) is 18.2 Å². The number of benzene rings is 2. The molecule has 6 heteroatoms. The second kappa shape index (κ2) is 7.53. The van der Waals surface area contributed by atoms with Gasteiger partial charge in [-0.1, -0.05) is 17.7 Å². The Balaban J connectivity index is 2.33. The molecule has 0 saturated heterocycles. The van der Waals surface area contributed by atoms with Gasteiger partial charge in [-0.15, -0.1) is 0 Å². The molecule has 24 heavy (non-hydrogen) atoms. The first-order valence-electron chi connectivity index (χ1n) is 7.43. The van der Waals surface area contributed by atoms with Crippen LogP contribution in [0.15, 0.2) is 30.3 Å². The average Bonchev–Trinajstić information content (AvgIpc) is 2.52. The van der Waals surface area contributed by atoms with Crippen LogP contribution in [0.5, 0.6) is 11.5 Å². The zero-order valence-corrected chi connectivity index (χ0v) is 14.7. The number of rotatable bonds is 5. The van der Waals surface area contributed by atoms with Crippen molar-refractivity contribution < 1.29 is 18.7 Å². The Morgan fingerprint density at radius 3 is 2.58 bits per heavy atom. The number of aryl methyl sites for hydroxylation is 1. The molecule has 0 fully saturated rings. The molecule has 128 valence electrons. The van der Waals surface area contributed by atoms with E-state index in [1.54, 1.807) is 13.0 Å². The average molecular weight is 352 g/mol. The molecule has 0 atom stereocenters. The molecule has 2 rings (SSSR count). The summed E-state index contributed by atoms with van der Waals surface area (Å²) in [7, 11) is 1.47. The quantitative estimate of drug-likeness (QED) is 0.838. The molecular weight excluding hydrogens is 333 g/mol. The van der Waals surface area contributed by atoms with Crippen molar-refractivity contribution in [1.82, 2.24) is 0 Å². The zero-order chi connectivity index (χ0) is 17.9. The van der Waals surface area contributed by atoms with Crippen LogP contribution in [0.3, 0.4) is 0 Å².